The molecule has 1 saturated heterocycles. The molecule has 2 fully saturated rings. The maximum absolute atomic E-state index is 11.7. The highest BCUT2D eigenvalue weighted by atomic mass is 16.5. The van der Waals surface area contributed by atoms with Crippen LogP contribution in [0, 0.1) is 11.8 Å². The van der Waals surface area contributed by atoms with E-state index in [1.165, 1.54) is 32.8 Å². The van der Waals surface area contributed by atoms with Gasteiger partial charge >= 0.3 is 6.09 Å². The number of methoxy groups -OCH3 is 1. The van der Waals surface area contributed by atoms with Crippen molar-refractivity contribution in [3.8, 4) is 0 Å². The van der Waals surface area contributed by atoms with E-state index in [4.69, 9.17) is 9.84 Å². The zero-order valence-corrected chi connectivity index (χ0v) is 12.5. The summed E-state index contributed by atoms with van der Waals surface area (Å²) in [5, 5.41) is 12.8. The summed E-state index contributed by atoms with van der Waals surface area (Å²) in [6.45, 7) is 2.68. The number of piperidine rings is 1. The normalized spacial score (nSPS) is 27.8. The highest BCUT2D eigenvalue weighted by Gasteiger charge is 2.30. The van der Waals surface area contributed by atoms with Crippen molar-refractivity contribution in [1.29, 1.82) is 0 Å². The van der Waals surface area contributed by atoms with Gasteiger partial charge in [0.1, 0.15) is 0 Å². The summed E-state index contributed by atoms with van der Waals surface area (Å²) in [6.07, 6.45) is 6.94. The largest absolute Gasteiger partial charge is 0.453 e. The fourth-order valence-corrected chi connectivity index (χ4v) is 3.57. The highest BCUT2D eigenvalue weighted by molar-refractivity contribution is 5.67. The molecular formula is C15H28N2O3. The lowest BCUT2D eigenvalue weighted by Gasteiger charge is -2.37. The zero-order chi connectivity index (χ0) is 14.4. The van der Waals surface area contributed by atoms with Crippen molar-refractivity contribution in [3.05, 3.63) is 0 Å². The molecule has 2 unspecified atom stereocenters. The summed E-state index contributed by atoms with van der Waals surface area (Å²) in [6, 6.07) is 0.333. The van der Waals surface area contributed by atoms with Gasteiger partial charge in [-0.2, -0.15) is 0 Å². The molecule has 1 aliphatic carbocycles. The van der Waals surface area contributed by atoms with Crippen molar-refractivity contribution < 1.29 is 14.6 Å². The SMILES string of the molecule is COC(=O)N1CC(CCO)CC(NCC2CCCC2)C1. The maximum Gasteiger partial charge on any atom is 0.409 e. The number of aliphatic hydroxyl groups excluding tert-OH is 1. The Kier molecular flexibility index (Phi) is 6.10. The number of aliphatic hydroxyl groups is 1. The number of nitrogens with zero attached hydrogens (tertiary/aromatic N) is 1. The van der Waals surface area contributed by atoms with Crippen molar-refractivity contribution in [2.75, 3.05) is 33.4 Å². The molecule has 0 aromatic heterocycles. The van der Waals surface area contributed by atoms with Crippen molar-refractivity contribution >= 4 is 6.09 Å². The lowest BCUT2D eigenvalue weighted by molar-refractivity contribution is 0.0836. The van der Waals surface area contributed by atoms with E-state index in [0.29, 0.717) is 18.5 Å². The topological polar surface area (TPSA) is 61.8 Å². The third-order valence-electron chi connectivity index (χ3n) is 4.68. The van der Waals surface area contributed by atoms with Crippen LogP contribution in [0.2, 0.25) is 0 Å². The van der Waals surface area contributed by atoms with Crippen molar-refractivity contribution in [2.45, 2.75) is 44.6 Å². The number of ether oxygens (including phenoxy) is 1. The summed E-state index contributed by atoms with van der Waals surface area (Å²) in [5.74, 6) is 1.17. The summed E-state index contributed by atoms with van der Waals surface area (Å²) >= 11 is 0. The molecule has 0 aromatic rings. The molecule has 0 radical (unpaired) electrons. The molecule has 2 aliphatic rings. The lowest BCUT2D eigenvalue weighted by atomic mass is 9.91. The molecule has 20 heavy (non-hydrogen) atoms. The molecule has 0 aromatic carbocycles. The van der Waals surface area contributed by atoms with E-state index in [2.05, 4.69) is 5.32 Å². The quantitative estimate of drug-likeness (QED) is 0.805. The van der Waals surface area contributed by atoms with Crippen LogP contribution in [0.5, 0.6) is 0 Å². The average molecular weight is 284 g/mol. The number of amides is 1. The average Bonchev–Trinajstić information content (AvgIpc) is 2.97. The lowest BCUT2D eigenvalue weighted by Crippen LogP contribution is -2.52. The Labute approximate surface area is 121 Å². The second-order valence-electron chi connectivity index (χ2n) is 6.24. The molecule has 5 nitrogen and oxygen atoms in total. The third kappa shape index (κ3) is 4.35. The Morgan fingerprint density at radius 2 is 2.05 bits per heavy atom. The molecule has 2 atom stereocenters. The van der Waals surface area contributed by atoms with Gasteiger partial charge in [0, 0.05) is 25.7 Å². The van der Waals surface area contributed by atoms with E-state index in [9.17, 15) is 4.79 Å². The van der Waals surface area contributed by atoms with Crippen molar-refractivity contribution in [2.24, 2.45) is 11.8 Å². The molecule has 1 aliphatic heterocycles. The van der Waals surface area contributed by atoms with Gasteiger partial charge in [0.2, 0.25) is 0 Å². The molecule has 1 amide bonds. The molecule has 0 spiro atoms. The van der Waals surface area contributed by atoms with Gasteiger partial charge in [-0.1, -0.05) is 12.8 Å². The molecule has 2 N–H and O–H groups in total. The highest BCUT2D eigenvalue weighted by Crippen LogP contribution is 2.25. The first-order valence-electron chi connectivity index (χ1n) is 7.90. The van der Waals surface area contributed by atoms with Gasteiger partial charge < -0.3 is 20.1 Å². The van der Waals surface area contributed by atoms with Crippen LogP contribution in [0.1, 0.15) is 38.5 Å². The number of likely N-dealkylation sites (tertiary alicyclic amines) is 1. The third-order valence-corrected chi connectivity index (χ3v) is 4.68. The van der Waals surface area contributed by atoms with Gasteiger partial charge in [-0.3, -0.25) is 0 Å². The number of rotatable bonds is 5. The van der Waals surface area contributed by atoms with Gasteiger partial charge in [-0.05, 0) is 44.1 Å². The predicted octanol–water partition coefficient (Wildman–Crippen LogP) is 1.61. The van der Waals surface area contributed by atoms with E-state index >= 15 is 0 Å². The number of carbonyl (C=O) groups is 1. The van der Waals surface area contributed by atoms with Crippen LogP contribution in [-0.2, 0) is 4.74 Å². The number of nitrogens with one attached hydrogen (secondary N) is 1. The van der Waals surface area contributed by atoms with Gasteiger partial charge in [0.25, 0.3) is 0 Å². The minimum Gasteiger partial charge on any atom is -0.453 e. The van der Waals surface area contributed by atoms with E-state index < -0.39 is 0 Å². The number of carbonyl (C=O) groups excluding carboxylic acids is 1. The van der Waals surface area contributed by atoms with Crippen LogP contribution in [0.15, 0.2) is 0 Å². The fraction of sp³-hybridized carbons (Fsp3) is 0.933. The Bertz CT molecular complexity index is 305. The van der Waals surface area contributed by atoms with Crippen LogP contribution in [0.25, 0.3) is 0 Å². The first-order chi connectivity index (χ1) is 9.72. The minimum absolute atomic E-state index is 0.190. The van der Waals surface area contributed by atoms with Gasteiger partial charge in [0.15, 0.2) is 0 Å². The van der Waals surface area contributed by atoms with Crippen LogP contribution in [0.4, 0.5) is 4.79 Å². The Morgan fingerprint density at radius 1 is 1.30 bits per heavy atom. The second kappa shape index (κ2) is 7.84. The van der Waals surface area contributed by atoms with Crippen molar-refractivity contribution in [1.82, 2.24) is 10.2 Å². The van der Waals surface area contributed by atoms with Crippen LogP contribution in [-0.4, -0.2) is 55.5 Å². The monoisotopic (exact) mass is 284 g/mol. The van der Waals surface area contributed by atoms with Crippen LogP contribution in [0.3, 0.4) is 0 Å². The van der Waals surface area contributed by atoms with Crippen LogP contribution >= 0.6 is 0 Å². The first kappa shape index (κ1) is 15.6. The number of hydrogen-bond acceptors (Lipinski definition) is 4. The van der Waals surface area contributed by atoms with Crippen molar-refractivity contribution in [3.63, 3.8) is 0 Å². The Hall–Kier alpha value is -0.810. The van der Waals surface area contributed by atoms with Gasteiger partial charge in [0.05, 0.1) is 7.11 Å². The molecule has 2 rings (SSSR count). The smallest absolute Gasteiger partial charge is 0.409 e. The fourth-order valence-electron chi connectivity index (χ4n) is 3.57. The minimum atomic E-state index is -0.250. The first-order valence-corrected chi connectivity index (χ1v) is 7.90. The number of hydrogen-bond donors (Lipinski definition) is 2. The molecule has 5 heteroatoms. The summed E-state index contributed by atoms with van der Waals surface area (Å²) in [4.78, 5) is 13.5. The zero-order valence-electron chi connectivity index (χ0n) is 12.5. The van der Waals surface area contributed by atoms with E-state index in [1.807, 2.05) is 0 Å². The summed E-state index contributed by atoms with van der Waals surface area (Å²) in [7, 11) is 1.43. The maximum atomic E-state index is 11.7. The Balaban J connectivity index is 1.83. The molecule has 1 heterocycles. The van der Waals surface area contributed by atoms with E-state index in [-0.39, 0.29) is 12.7 Å². The summed E-state index contributed by atoms with van der Waals surface area (Å²) in [5.41, 5.74) is 0. The second-order valence-corrected chi connectivity index (χ2v) is 6.24. The van der Waals surface area contributed by atoms with Gasteiger partial charge in [-0.25, -0.2) is 4.79 Å². The molecule has 0 bridgehead atoms. The molecular weight excluding hydrogens is 256 g/mol. The van der Waals surface area contributed by atoms with Gasteiger partial charge in [-0.15, -0.1) is 0 Å². The standard InChI is InChI=1S/C15H28N2O3/c1-20-15(19)17-10-13(6-7-18)8-14(11-17)16-9-12-4-2-3-5-12/h12-14,16,18H,2-11H2,1H3. The Morgan fingerprint density at radius 3 is 2.70 bits per heavy atom. The summed E-state index contributed by atoms with van der Waals surface area (Å²) < 4.78 is 4.84. The molecule has 116 valence electrons. The van der Waals surface area contributed by atoms with Crippen LogP contribution < -0.4 is 5.32 Å². The predicted molar refractivity (Wildman–Crippen MR) is 77.5 cm³/mol. The van der Waals surface area contributed by atoms with E-state index in [0.717, 1.165) is 31.8 Å². The van der Waals surface area contributed by atoms with E-state index in [1.54, 1.807) is 4.90 Å². The molecule has 1 saturated carbocycles.